The highest BCUT2D eigenvalue weighted by atomic mass is 35.5. The Bertz CT molecular complexity index is 851. The summed E-state index contributed by atoms with van der Waals surface area (Å²) in [6.45, 7) is 6.88. The number of nitrogens with zero attached hydrogens (tertiary/aromatic N) is 2. The van der Waals surface area contributed by atoms with Crippen molar-refractivity contribution < 1.29 is 4.79 Å². The molecule has 27 heavy (non-hydrogen) atoms. The molecule has 2 aromatic rings. The van der Waals surface area contributed by atoms with Crippen LogP contribution in [-0.2, 0) is 0 Å². The van der Waals surface area contributed by atoms with Crippen molar-refractivity contribution in [1.29, 1.82) is 0 Å². The molecule has 1 saturated heterocycles. The van der Waals surface area contributed by atoms with Gasteiger partial charge in [0.05, 0.1) is 32.7 Å². The highest BCUT2D eigenvalue weighted by Crippen LogP contribution is 2.34. The van der Waals surface area contributed by atoms with E-state index in [9.17, 15) is 4.79 Å². The SMILES string of the molecule is CCN1CCN(c2cc(NC(=O)c3ccc(Cl)cc3Cl)c(Cl)cc2N)CC1. The van der Waals surface area contributed by atoms with E-state index in [0.29, 0.717) is 27.0 Å². The van der Waals surface area contributed by atoms with Gasteiger partial charge in [0.2, 0.25) is 0 Å². The third kappa shape index (κ3) is 4.61. The predicted molar refractivity (Wildman–Crippen MR) is 115 cm³/mol. The van der Waals surface area contributed by atoms with Crippen molar-refractivity contribution in [3.8, 4) is 0 Å². The van der Waals surface area contributed by atoms with Gasteiger partial charge in [0, 0.05) is 31.2 Å². The summed E-state index contributed by atoms with van der Waals surface area (Å²) in [6, 6.07) is 8.21. The molecule has 1 fully saturated rings. The van der Waals surface area contributed by atoms with Gasteiger partial charge in [-0.1, -0.05) is 41.7 Å². The van der Waals surface area contributed by atoms with Gasteiger partial charge in [-0.2, -0.15) is 0 Å². The lowest BCUT2D eigenvalue weighted by Crippen LogP contribution is -2.46. The Morgan fingerprint density at radius 3 is 2.41 bits per heavy atom. The van der Waals surface area contributed by atoms with Crippen LogP contribution in [0, 0.1) is 0 Å². The van der Waals surface area contributed by atoms with Crippen molar-refractivity contribution in [2.24, 2.45) is 0 Å². The van der Waals surface area contributed by atoms with Crippen LogP contribution in [0.4, 0.5) is 17.1 Å². The number of nitrogens with one attached hydrogen (secondary N) is 1. The summed E-state index contributed by atoms with van der Waals surface area (Å²) in [6.07, 6.45) is 0. The number of piperazine rings is 1. The van der Waals surface area contributed by atoms with Crippen molar-refractivity contribution >= 4 is 57.8 Å². The third-order valence-electron chi connectivity index (χ3n) is 4.70. The summed E-state index contributed by atoms with van der Waals surface area (Å²) in [5, 5.41) is 3.95. The molecule has 0 aromatic heterocycles. The molecular formula is C19H21Cl3N4O. The highest BCUT2D eigenvalue weighted by molar-refractivity contribution is 6.38. The van der Waals surface area contributed by atoms with Gasteiger partial charge in [-0.05, 0) is 36.9 Å². The van der Waals surface area contributed by atoms with Crippen LogP contribution in [0.25, 0.3) is 0 Å². The van der Waals surface area contributed by atoms with Crippen LogP contribution >= 0.6 is 34.8 Å². The minimum absolute atomic E-state index is 0.280. The molecule has 0 unspecified atom stereocenters. The van der Waals surface area contributed by atoms with E-state index < -0.39 is 0 Å². The second kappa shape index (κ2) is 8.57. The number of carbonyl (C=O) groups excluding carboxylic acids is 1. The molecular weight excluding hydrogens is 407 g/mol. The number of hydrogen-bond donors (Lipinski definition) is 2. The Kier molecular flexibility index (Phi) is 6.37. The number of nitrogens with two attached hydrogens (primary N) is 1. The zero-order valence-electron chi connectivity index (χ0n) is 14.9. The van der Waals surface area contributed by atoms with Crippen LogP contribution in [-0.4, -0.2) is 43.5 Å². The smallest absolute Gasteiger partial charge is 0.257 e. The second-order valence-corrected chi connectivity index (χ2v) is 7.64. The summed E-state index contributed by atoms with van der Waals surface area (Å²) in [5.41, 5.74) is 8.46. The number of hydrogen-bond acceptors (Lipinski definition) is 4. The number of nitrogen functional groups attached to an aromatic ring is 1. The molecule has 0 aliphatic carbocycles. The Morgan fingerprint density at radius 2 is 1.78 bits per heavy atom. The molecule has 0 bridgehead atoms. The molecule has 8 heteroatoms. The zero-order valence-corrected chi connectivity index (χ0v) is 17.2. The van der Waals surface area contributed by atoms with Crippen molar-refractivity contribution in [2.45, 2.75) is 6.92 Å². The van der Waals surface area contributed by atoms with Crippen LogP contribution < -0.4 is 16.0 Å². The topological polar surface area (TPSA) is 61.6 Å². The average molecular weight is 428 g/mol. The number of benzene rings is 2. The molecule has 5 nitrogen and oxygen atoms in total. The fourth-order valence-corrected chi connectivity index (χ4v) is 3.83. The van der Waals surface area contributed by atoms with Crippen molar-refractivity contribution in [2.75, 3.05) is 48.7 Å². The normalized spacial score (nSPS) is 15.0. The van der Waals surface area contributed by atoms with Crippen molar-refractivity contribution in [3.63, 3.8) is 0 Å². The first kappa shape index (κ1) is 20.1. The van der Waals surface area contributed by atoms with E-state index in [1.807, 2.05) is 6.07 Å². The number of rotatable bonds is 4. The average Bonchev–Trinajstić information content (AvgIpc) is 2.64. The van der Waals surface area contributed by atoms with E-state index in [1.54, 1.807) is 18.2 Å². The predicted octanol–water partition coefficient (Wildman–Crippen LogP) is 4.62. The maximum absolute atomic E-state index is 12.6. The maximum atomic E-state index is 12.6. The molecule has 144 valence electrons. The molecule has 0 atom stereocenters. The second-order valence-electron chi connectivity index (χ2n) is 6.39. The molecule has 2 aromatic carbocycles. The number of likely N-dealkylation sites (N-methyl/N-ethyl adjacent to an activating group) is 1. The molecule has 0 saturated carbocycles. The van der Waals surface area contributed by atoms with Gasteiger partial charge in [0.25, 0.3) is 5.91 Å². The van der Waals surface area contributed by atoms with Gasteiger partial charge < -0.3 is 20.9 Å². The highest BCUT2D eigenvalue weighted by Gasteiger charge is 2.20. The quantitative estimate of drug-likeness (QED) is 0.699. The standard InChI is InChI=1S/C19H21Cl3N4O/c1-2-25-5-7-26(8-6-25)18-11-17(15(22)10-16(18)23)24-19(27)13-4-3-12(20)9-14(13)21/h3-4,9-11H,2,5-8,23H2,1H3,(H,24,27). The summed E-state index contributed by atoms with van der Waals surface area (Å²) in [5.74, 6) is -0.356. The van der Waals surface area contributed by atoms with Crippen LogP contribution in [0.3, 0.4) is 0 Å². The monoisotopic (exact) mass is 426 g/mol. The lowest BCUT2D eigenvalue weighted by Gasteiger charge is -2.36. The number of carbonyl (C=O) groups is 1. The molecule has 1 aliphatic rings. The Morgan fingerprint density at radius 1 is 1.07 bits per heavy atom. The van der Waals surface area contributed by atoms with Crippen LogP contribution in [0.1, 0.15) is 17.3 Å². The molecule has 1 heterocycles. The van der Waals surface area contributed by atoms with Gasteiger partial charge in [-0.3, -0.25) is 4.79 Å². The third-order valence-corrected chi connectivity index (χ3v) is 5.56. The summed E-state index contributed by atoms with van der Waals surface area (Å²) in [4.78, 5) is 17.2. The molecule has 0 radical (unpaired) electrons. The Balaban J connectivity index is 1.82. The first-order valence-electron chi connectivity index (χ1n) is 8.71. The van der Waals surface area contributed by atoms with Gasteiger partial charge in [0.15, 0.2) is 0 Å². The molecule has 3 N–H and O–H groups in total. The van der Waals surface area contributed by atoms with E-state index in [0.717, 1.165) is 38.4 Å². The lowest BCUT2D eigenvalue weighted by atomic mass is 10.1. The molecule has 1 amide bonds. The van der Waals surface area contributed by atoms with Crippen LogP contribution in [0.5, 0.6) is 0 Å². The number of halogens is 3. The lowest BCUT2D eigenvalue weighted by molar-refractivity contribution is 0.102. The first-order chi connectivity index (χ1) is 12.9. The van der Waals surface area contributed by atoms with Gasteiger partial charge in [-0.25, -0.2) is 0 Å². The van der Waals surface area contributed by atoms with E-state index in [4.69, 9.17) is 40.5 Å². The summed E-state index contributed by atoms with van der Waals surface area (Å²) in [7, 11) is 0. The number of amides is 1. The maximum Gasteiger partial charge on any atom is 0.257 e. The Hall–Kier alpha value is -1.66. The number of anilines is 3. The zero-order chi connectivity index (χ0) is 19.6. The Labute approximate surface area is 174 Å². The van der Waals surface area contributed by atoms with Crippen molar-refractivity contribution in [1.82, 2.24) is 4.90 Å². The van der Waals surface area contributed by atoms with Crippen LogP contribution in [0.15, 0.2) is 30.3 Å². The van der Waals surface area contributed by atoms with E-state index in [-0.39, 0.29) is 10.9 Å². The van der Waals surface area contributed by atoms with E-state index in [2.05, 4.69) is 22.0 Å². The van der Waals surface area contributed by atoms with Gasteiger partial charge in [0.1, 0.15) is 0 Å². The van der Waals surface area contributed by atoms with Gasteiger partial charge >= 0.3 is 0 Å². The van der Waals surface area contributed by atoms with E-state index in [1.165, 1.54) is 6.07 Å². The first-order valence-corrected chi connectivity index (χ1v) is 9.85. The molecule has 3 rings (SSSR count). The minimum atomic E-state index is -0.356. The van der Waals surface area contributed by atoms with Gasteiger partial charge in [-0.15, -0.1) is 0 Å². The van der Waals surface area contributed by atoms with Crippen molar-refractivity contribution in [3.05, 3.63) is 51.0 Å². The van der Waals surface area contributed by atoms with Crippen LogP contribution in [0.2, 0.25) is 15.1 Å². The fourth-order valence-electron chi connectivity index (χ4n) is 3.12. The summed E-state index contributed by atoms with van der Waals surface area (Å²) >= 11 is 18.3. The molecule has 1 aliphatic heterocycles. The fraction of sp³-hybridized carbons (Fsp3) is 0.316. The molecule has 0 spiro atoms. The van der Waals surface area contributed by atoms with E-state index >= 15 is 0 Å². The minimum Gasteiger partial charge on any atom is -0.397 e. The largest absolute Gasteiger partial charge is 0.397 e. The summed E-state index contributed by atoms with van der Waals surface area (Å²) < 4.78 is 0.